The highest BCUT2D eigenvalue weighted by Gasteiger charge is 2.18. The van der Waals surface area contributed by atoms with E-state index < -0.39 is 0 Å². The molecule has 0 radical (unpaired) electrons. The molecule has 0 unspecified atom stereocenters. The van der Waals surface area contributed by atoms with Crippen LogP contribution >= 0.6 is 0 Å². The van der Waals surface area contributed by atoms with Crippen molar-refractivity contribution in [2.24, 2.45) is 0 Å². The number of rotatable bonds is 2. The Bertz CT molecular complexity index is 196. The molecule has 0 aromatic carbocycles. The number of piperidine rings is 1. The minimum absolute atomic E-state index is 0.182. The molecule has 0 atom stereocenters. The van der Waals surface area contributed by atoms with Crippen LogP contribution in [0.2, 0.25) is 0 Å². The van der Waals surface area contributed by atoms with Crippen LogP contribution < -0.4 is 0 Å². The number of likely N-dealkylation sites (tertiary alicyclic amines) is 1. The van der Waals surface area contributed by atoms with Crippen molar-refractivity contribution in [3.8, 4) is 0 Å². The summed E-state index contributed by atoms with van der Waals surface area (Å²) in [5, 5.41) is 0. The number of amides is 1. The van der Waals surface area contributed by atoms with Gasteiger partial charge in [0.2, 0.25) is 5.91 Å². The smallest absolute Gasteiger partial charge is 0.226 e. The molecule has 0 aromatic rings. The van der Waals surface area contributed by atoms with Crippen LogP contribution in [0, 0.1) is 0 Å². The van der Waals surface area contributed by atoms with E-state index >= 15 is 0 Å². The number of hydrogen-bond acceptors (Lipinski definition) is 1. The van der Waals surface area contributed by atoms with E-state index in [0.29, 0.717) is 6.42 Å². The first-order chi connectivity index (χ1) is 5.25. The Morgan fingerprint density at radius 2 is 2.27 bits per heavy atom. The fraction of sp³-hybridized carbons (Fsp3) is 0.444. The molecule has 1 aliphatic rings. The maximum Gasteiger partial charge on any atom is 0.226 e. The zero-order valence-corrected chi connectivity index (χ0v) is 6.68. The minimum Gasteiger partial charge on any atom is -0.313 e. The quantitative estimate of drug-likeness (QED) is 0.550. The molecular formula is C9H13NO. The maximum absolute atomic E-state index is 11.2. The van der Waals surface area contributed by atoms with Crippen LogP contribution in [0.3, 0.4) is 0 Å². The van der Waals surface area contributed by atoms with Gasteiger partial charge in [0.25, 0.3) is 0 Å². The SMILES string of the molecule is C=CC(=C)N1CCCCC1=O. The van der Waals surface area contributed by atoms with Gasteiger partial charge in [0, 0.05) is 18.7 Å². The Kier molecular flexibility index (Phi) is 2.47. The Hall–Kier alpha value is -1.05. The third-order valence-electron chi connectivity index (χ3n) is 1.91. The van der Waals surface area contributed by atoms with E-state index in [1.807, 2.05) is 0 Å². The van der Waals surface area contributed by atoms with Gasteiger partial charge in [0.05, 0.1) is 0 Å². The molecule has 1 fully saturated rings. The second kappa shape index (κ2) is 3.37. The van der Waals surface area contributed by atoms with Crippen molar-refractivity contribution in [3.05, 3.63) is 24.9 Å². The topological polar surface area (TPSA) is 20.3 Å². The van der Waals surface area contributed by atoms with Crippen molar-refractivity contribution in [1.29, 1.82) is 0 Å². The summed E-state index contributed by atoms with van der Waals surface area (Å²) in [6.07, 6.45) is 4.38. The lowest BCUT2D eigenvalue weighted by Gasteiger charge is -2.26. The molecule has 1 amide bonds. The summed E-state index contributed by atoms with van der Waals surface area (Å²) in [7, 11) is 0. The van der Waals surface area contributed by atoms with Crippen molar-refractivity contribution in [3.63, 3.8) is 0 Å². The summed E-state index contributed by atoms with van der Waals surface area (Å²) in [5.41, 5.74) is 0.731. The van der Waals surface area contributed by atoms with Gasteiger partial charge in [-0.2, -0.15) is 0 Å². The lowest BCUT2D eigenvalue weighted by atomic mass is 10.1. The number of nitrogens with zero attached hydrogens (tertiary/aromatic N) is 1. The summed E-state index contributed by atoms with van der Waals surface area (Å²) in [6, 6.07) is 0. The van der Waals surface area contributed by atoms with Crippen molar-refractivity contribution in [1.82, 2.24) is 4.90 Å². The second-order valence-electron chi connectivity index (χ2n) is 2.70. The molecule has 60 valence electrons. The molecule has 1 heterocycles. The molecule has 0 bridgehead atoms. The normalized spacial score (nSPS) is 18.2. The predicted molar refractivity (Wildman–Crippen MR) is 44.9 cm³/mol. The van der Waals surface area contributed by atoms with E-state index in [1.54, 1.807) is 11.0 Å². The van der Waals surface area contributed by atoms with Gasteiger partial charge in [-0.15, -0.1) is 0 Å². The van der Waals surface area contributed by atoms with Gasteiger partial charge < -0.3 is 4.90 Å². The van der Waals surface area contributed by atoms with Gasteiger partial charge in [-0.25, -0.2) is 0 Å². The molecule has 0 aromatic heterocycles. The molecule has 2 heteroatoms. The Morgan fingerprint density at radius 3 is 2.82 bits per heavy atom. The first-order valence-corrected chi connectivity index (χ1v) is 3.87. The van der Waals surface area contributed by atoms with Gasteiger partial charge in [-0.05, 0) is 18.9 Å². The number of carbonyl (C=O) groups excluding carboxylic acids is 1. The third kappa shape index (κ3) is 1.70. The van der Waals surface area contributed by atoms with Gasteiger partial charge >= 0.3 is 0 Å². The van der Waals surface area contributed by atoms with E-state index in [9.17, 15) is 4.79 Å². The highest BCUT2D eigenvalue weighted by atomic mass is 16.2. The Morgan fingerprint density at radius 1 is 1.55 bits per heavy atom. The molecule has 1 rings (SSSR count). The van der Waals surface area contributed by atoms with Gasteiger partial charge in [0.1, 0.15) is 0 Å². The molecule has 1 saturated heterocycles. The van der Waals surface area contributed by atoms with Gasteiger partial charge in [-0.1, -0.05) is 13.2 Å². The standard InChI is InChI=1S/C9H13NO/c1-3-8(2)10-7-5-4-6-9(10)11/h3H,1-2,4-7H2. The first-order valence-electron chi connectivity index (χ1n) is 3.87. The molecule has 0 N–H and O–H groups in total. The monoisotopic (exact) mass is 151 g/mol. The summed E-state index contributed by atoms with van der Waals surface area (Å²) < 4.78 is 0. The van der Waals surface area contributed by atoms with Gasteiger partial charge in [0.15, 0.2) is 0 Å². The molecule has 1 aliphatic heterocycles. The van der Waals surface area contributed by atoms with E-state index in [4.69, 9.17) is 0 Å². The molecule has 0 spiro atoms. The zero-order chi connectivity index (χ0) is 8.27. The average Bonchev–Trinajstić information content (AvgIpc) is 2.04. The summed E-state index contributed by atoms with van der Waals surface area (Å²) >= 11 is 0. The van der Waals surface area contributed by atoms with E-state index in [1.165, 1.54) is 0 Å². The largest absolute Gasteiger partial charge is 0.313 e. The third-order valence-corrected chi connectivity index (χ3v) is 1.91. The minimum atomic E-state index is 0.182. The number of allylic oxidation sites excluding steroid dienone is 1. The van der Waals surface area contributed by atoms with Crippen molar-refractivity contribution in [2.45, 2.75) is 19.3 Å². The van der Waals surface area contributed by atoms with Crippen LogP contribution in [-0.4, -0.2) is 17.4 Å². The highest BCUT2D eigenvalue weighted by molar-refractivity contribution is 5.79. The lowest BCUT2D eigenvalue weighted by Crippen LogP contribution is -2.33. The van der Waals surface area contributed by atoms with Crippen LogP contribution in [0.5, 0.6) is 0 Å². The number of carbonyl (C=O) groups is 1. The van der Waals surface area contributed by atoms with Crippen LogP contribution in [0.4, 0.5) is 0 Å². The molecule has 2 nitrogen and oxygen atoms in total. The maximum atomic E-state index is 11.2. The predicted octanol–water partition coefficient (Wildman–Crippen LogP) is 1.70. The molecular weight excluding hydrogens is 138 g/mol. The van der Waals surface area contributed by atoms with Crippen LogP contribution in [0.25, 0.3) is 0 Å². The van der Waals surface area contributed by atoms with Crippen LogP contribution in [0.15, 0.2) is 24.9 Å². The van der Waals surface area contributed by atoms with E-state index in [2.05, 4.69) is 13.2 Å². The van der Waals surface area contributed by atoms with Gasteiger partial charge in [-0.3, -0.25) is 4.79 Å². The van der Waals surface area contributed by atoms with Crippen molar-refractivity contribution < 1.29 is 4.79 Å². The second-order valence-corrected chi connectivity index (χ2v) is 2.70. The Balaban J connectivity index is 2.61. The van der Waals surface area contributed by atoms with E-state index in [0.717, 1.165) is 25.1 Å². The molecule has 11 heavy (non-hydrogen) atoms. The Labute approximate surface area is 67.2 Å². The summed E-state index contributed by atoms with van der Waals surface area (Å²) in [6.45, 7) is 8.12. The molecule has 0 saturated carbocycles. The van der Waals surface area contributed by atoms with E-state index in [-0.39, 0.29) is 5.91 Å². The van der Waals surface area contributed by atoms with Crippen molar-refractivity contribution in [2.75, 3.05) is 6.54 Å². The molecule has 0 aliphatic carbocycles. The first kappa shape index (κ1) is 8.05. The summed E-state index contributed by atoms with van der Waals surface area (Å²) in [5.74, 6) is 0.182. The zero-order valence-electron chi connectivity index (χ0n) is 6.68. The fourth-order valence-corrected chi connectivity index (χ4v) is 1.22. The average molecular weight is 151 g/mol. The van der Waals surface area contributed by atoms with Crippen LogP contribution in [-0.2, 0) is 4.79 Å². The fourth-order valence-electron chi connectivity index (χ4n) is 1.22. The lowest BCUT2D eigenvalue weighted by molar-refractivity contribution is -0.130. The van der Waals surface area contributed by atoms with Crippen LogP contribution in [0.1, 0.15) is 19.3 Å². The van der Waals surface area contributed by atoms with Crippen molar-refractivity contribution >= 4 is 5.91 Å². The number of hydrogen-bond donors (Lipinski definition) is 0. The summed E-state index contributed by atoms with van der Waals surface area (Å²) in [4.78, 5) is 12.9. The highest BCUT2D eigenvalue weighted by Crippen LogP contribution is 2.14.